The fourth-order valence-corrected chi connectivity index (χ4v) is 2.00. The molecular formula is C14H16F3N3O. The fraction of sp³-hybridized carbons (Fsp3) is 0.429. The Labute approximate surface area is 120 Å². The summed E-state index contributed by atoms with van der Waals surface area (Å²) in [6.45, 7) is 0.302. The minimum Gasteiger partial charge on any atom is -0.366 e. The third kappa shape index (κ3) is 4.21. The summed E-state index contributed by atoms with van der Waals surface area (Å²) in [6.07, 6.45) is -3.21. The highest BCUT2D eigenvalue weighted by Gasteiger charge is 2.42. The summed E-state index contributed by atoms with van der Waals surface area (Å²) in [7, 11) is 0. The Bertz CT molecular complexity index is 514. The second-order valence-corrected chi connectivity index (χ2v) is 4.71. The van der Waals surface area contributed by atoms with Gasteiger partial charge in [0.15, 0.2) is 5.84 Å². The molecule has 0 radical (unpaired) electrons. The number of benzene rings is 1. The molecule has 1 aromatic rings. The molecule has 1 aliphatic heterocycles. The lowest BCUT2D eigenvalue weighted by Gasteiger charge is -2.25. The molecule has 0 saturated carbocycles. The molecular weight excluding hydrogens is 283 g/mol. The van der Waals surface area contributed by atoms with Crippen molar-refractivity contribution in [2.45, 2.75) is 25.7 Å². The third-order valence-corrected chi connectivity index (χ3v) is 3.08. The predicted octanol–water partition coefficient (Wildman–Crippen LogP) is 2.32. The van der Waals surface area contributed by atoms with Gasteiger partial charge in [-0.1, -0.05) is 30.3 Å². The number of carbonyl (C=O) groups excluding carboxylic acids is 1. The molecule has 0 fully saturated rings. The first-order valence-corrected chi connectivity index (χ1v) is 6.69. The molecule has 114 valence electrons. The summed E-state index contributed by atoms with van der Waals surface area (Å²) < 4.78 is 39.4. The minimum absolute atomic E-state index is 0.112. The fourth-order valence-electron chi connectivity index (χ4n) is 2.00. The van der Waals surface area contributed by atoms with E-state index in [1.165, 1.54) is 0 Å². The number of carbonyl (C=O) groups is 1. The standard InChI is InChI=1S/C14H16F3N3O/c15-14(16,17)20(10-11-6-2-1-3-7-11)13(21)12-18-8-4-5-9-19-12/h1-3,6-7H,4-5,8-10H2,(H,18,19). The van der Waals surface area contributed by atoms with Gasteiger partial charge < -0.3 is 5.32 Å². The molecule has 1 heterocycles. The van der Waals surface area contributed by atoms with E-state index in [1.54, 1.807) is 30.3 Å². The van der Waals surface area contributed by atoms with Crippen LogP contribution >= 0.6 is 0 Å². The molecule has 4 nitrogen and oxygen atoms in total. The Balaban J connectivity index is 2.19. The van der Waals surface area contributed by atoms with Crippen molar-refractivity contribution in [2.75, 3.05) is 13.1 Å². The topological polar surface area (TPSA) is 44.7 Å². The van der Waals surface area contributed by atoms with Crippen LogP contribution in [-0.2, 0) is 11.3 Å². The van der Waals surface area contributed by atoms with Gasteiger partial charge in [-0.25, -0.2) is 4.90 Å². The van der Waals surface area contributed by atoms with Crippen LogP contribution in [0.4, 0.5) is 13.2 Å². The SMILES string of the molecule is O=C(C1=NCCCCN1)N(Cc1ccccc1)C(F)(F)F. The van der Waals surface area contributed by atoms with E-state index < -0.39 is 18.8 Å². The molecule has 1 N–H and O–H groups in total. The van der Waals surface area contributed by atoms with E-state index >= 15 is 0 Å². The number of nitrogens with zero attached hydrogens (tertiary/aromatic N) is 2. The van der Waals surface area contributed by atoms with E-state index in [2.05, 4.69) is 10.3 Å². The Hall–Kier alpha value is -2.05. The first-order chi connectivity index (χ1) is 9.98. The number of alkyl halides is 3. The molecule has 0 aromatic heterocycles. The number of rotatable bonds is 3. The second kappa shape index (κ2) is 6.60. The lowest BCUT2D eigenvalue weighted by molar-refractivity contribution is -0.240. The van der Waals surface area contributed by atoms with Gasteiger partial charge in [-0.2, -0.15) is 0 Å². The van der Waals surface area contributed by atoms with Gasteiger partial charge in [0, 0.05) is 13.1 Å². The van der Waals surface area contributed by atoms with Crippen molar-refractivity contribution in [1.82, 2.24) is 10.2 Å². The molecule has 21 heavy (non-hydrogen) atoms. The number of nitrogens with one attached hydrogen (secondary N) is 1. The Kier molecular flexibility index (Phi) is 4.82. The van der Waals surface area contributed by atoms with Gasteiger partial charge in [0.25, 0.3) is 5.91 Å². The number of hydrogen-bond acceptors (Lipinski definition) is 3. The average Bonchev–Trinajstić information content (AvgIpc) is 2.73. The van der Waals surface area contributed by atoms with Crippen molar-refractivity contribution in [3.63, 3.8) is 0 Å². The van der Waals surface area contributed by atoms with Gasteiger partial charge in [-0.15, -0.1) is 13.2 Å². The molecule has 0 saturated heterocycles. The van der Waals surface area contributed by atoms with Gasteiger partial charge in [0.2, 0.25) is 0 Å². The van der Waals surface area contributed by atoms with E-state index in [-0.39, 0.29) is 10.7 Å². The van der Waals surface area contributed by atoms with E-state index in [1.807, 2.05) is 0 Å². The molecule has 7 heteroatoms. The molecule has 1 amide bonds. The number of aliphatic imine (C=N–C) groups is 1. The van der Waals surface area contributed by atoms with E-state index in [9.17, 15) is 18.0 Å². The predicted molar refractivity (Wildman–Crippen MR) is 72.6 cm³/mol. The number of amides is 1. The number of amidine groups is 1. The van der Waals surface area contributed by atoms with E-state index in [0.717, 1.165) is 12.8 Å². The minimum atomic E-state index is -4.75. The molecule has 0 bridgehead atoms. The summed E-state index contributed by atoms with van der Waals surface area (Å²) in [5.41, 5.74) is 0.414. The van der Waals surface area contributed by atoms with Crippen LogP contribution in [0.1, 0.15) is 18.4 Å². The highest BCUT2D eigenvalue weighted by atomic mass is 19.4. The lowest BCUT2D eigenvalue weighted by atomic mass is 10.2. The molecule has 1 aliphatic rings. The monoisotopic (exact) mass is 299 g/mol. The molecule has 0 aliphatic carbocycles. The van der Waals surface area contributed by atoms with Crippen molar-refractivity contribution in [3.8, 4) is 0 Å². The summed E-state index contributed by atoms with van der Waals surface area (Å²) in [4.78, 5) is 15.9. The van der Waals surface area contributed by atoms with Crippen molar-refractivity contribution in [1.29, 1.82) is 0 Å². The largest absolute Gasteiger partial charge is 0.487 e. The lowest BCUT2D eigenvalue weighted by Crippen LogP contribution is -2.49. The number of hydrogen-bond donors (Lipinski definition) is 1. The van der Waals surface area contributed by atoms with Gasteiger partial charge in [-0.05, 0) is 18.4 Å². The normalized spacial score (nSPS) is 15.7. The summed E-state index contributed by atoms with van der Waals surface area (Å²) >= 11 is 0. The smallest absolute Gasteiger partial charge is 0.366 e. The quantitative estimate of drug-likeness (QED) is 0.871. The maximum Gasteiger partial charge on any atom is 0.487 e. The Morgan fingerprint density at radius 3 is 2.62 bits per heavy atom. The maximum absolute atomic E-state index is 13.1. The first kappa shape index (κ1) is 15.3. The molecule has 1 aromatic carbocycles. The van der Waals surface area contributed by atoms with Crippen molar-refractivity contribution >= 4 is 11.7 Å². The zero-order chi connectivity index (χ0) is 15.3. The van der Waals surface area contributed by atoms with Crippen LogP contribution in [-0.4, -0.2) is 36.0 Å². The van der Waals surface area contributed by atoms with Crippen LogP contribution in [0.2, 0.25) is 0 Å². The van der Waals surface area contributed by atoms with Gasteiger partial charge >= 0.3 is 6.30 Å². The molecule has 0 spiro atoms. The van der Waals surface area contributed by atoms with Crippen LogP contribution < -0.4 is 5.32 Å². The van der Waals surface area contributed by atoms with Crippen molar-refractivity contribution in [2.24, 2.45) is 4.99 Å². The maximum atomic E-state index is 13.1. The average molecular weight is 299 g/mol. The Morgan fingerprint density at radius 2 is 1.95 bits per heavy atom. The Morgan fingerprint density at radius 1 is 1.24 bits per heavy atom. The molecule has 0 unspecified atom stereocenters. The highest BCUT2D eigenvalue weighted by molar-refractivity contribution is 6.37. The highest BCUT2D eigenvalue weighted by Crippen LogP contribution is 2.24. The zero-order valence-electron chi connectivity index (χ0n) is 11.4. The molecule has 0 atom stereocenters. The van der Waals surface area contributed by atoms with Crippen LogP contribution in [0.25, 0.3) is 0 Å². The van der Waals surface area contributed by atoms with Crippen LogP contribution in [0.5, 0.6) is 0 Å². The summed E-state index contributed by atoms with van der Waals surface area (Å²) in [5, 5.41) is 2.68. The van der Waals surface area contributed by atoms with Crippen molar-refractivity contribution < 1.29 is 18.0 Å². The van der Waals surface area contributed by atoms with Gasteiger partial charge in [-0.3, -0.25) is 9.79 Å². The van der Waals surface area contributed by atoms with E-state index in [4.69, 9.17) is 0 Å². The third-order valence-electron chi connectivity index (χ3n) is 3.08. The van der Waals surface area contributed by atoms with E-state index in [0.29, 0.717) is 18.7 Å². The second-order valence-electron chi connectivity index (χ2n) is 4.71. The first-order valence-electron chi connectivity index (χ1n) is 6.69. The van der Waals surface area contributed by atoms with Gasteiger partial charge in [0.1, 0.15) is 0 Å². The zero-order valence-corrected chi connectivity index (χ0v) is 11.4. The summed E-state index contributed by atoms with van der Waals surface area (Å²) in [6, 6.07) is 8.08. The van der Waals surface area contributed by atoms with Crippen molar-refractivity contribution in [3.05, 3.63) is 35.9 Å². The van der Waals surface area contributed by atoms with Crippen LogP contribution in [0, 0.1) is 0 Å². The molecule has 2 rings (SSSR count). The number of halogens is 3. The van der Waals surface area contributed by atoms with Crippen LogP contribution in [0.3, 0.4) is 0 Å². The summed E-state index contributed by atoms with van der Waals surface area (Å²) in [5.74, 6) is -1.34. The van der Waals surface area contributed by atoms with Gasteiger partial charge in [0.05, 0.1) is 6.54 Å². The van der Waals surface area contributed by atoms with Crippen LogP contribution in [0.15, 0.2) is 35.3 Å².